The molecule has 0 fully saturated rings. The molecule has 0 rings (SSSR count). The molecule has 0 aromatic rings. The normalized spacial score (nSPS) is 12.1. The maximum Gasteiger partial charge on any atom is 0.248 e. The monoisotopic (exact) mass is 258 g/mol. The zero-order chi connectivity index (χ0) is 13.8. The Morgan fingerprint density at radius 2 is 1.67 bits per heavy atom. The Morgan fingerprint density at radius 3 is 2.22 bits per heavy atom. The Balaban J connectivity index is 3.35. The van der Waals surface area contributed by atoms with E-state index in [-0.39, 0.29) is 12.5 Å². The average Bonchev–Trinajstić information content (AvgIpc) is 2.34. The van der Waals surface area contributed by atoms with Crippen molar-refractivity contribution >= 4 is 11.8 Å². The minimum absolute atomic E-state index is 0.0926. The SMILES string of the molecule is CCCCCCCCCC(=O)NCC(O)C(N)=O. The Hall–Kier alpha value is -1.10. The molecule has 0 saturated heterocycles. The van der Waals surface area contributed by atoms with E-state index in [2.05, 4.69) is 12.2 Å². The number of aliphatic hydroxyl groups is 1. The molecule has 1 atom stereocenters. The van der Waals surface area contributed by atoms with Crippen LogP contribution in [0.4, 0.5) is 0 Å². The summed E-state index contributed by atoms with van der Waals surface area (Å²) in [5.74, 6) is -0.949. The first kappa shape index (κ1) is 16.9. The van der Waals surface area contributed by atoms with Crippen LogP contribution in [0.25, 0.3) is 0 Å². The third-order valence-electron chi connectivity index (χ3n) is 2.83. The van der Waals surface area contributed by atoms with Crippen molar-refractivity contribution in [1.29, 1.82) is 0 Å². The number of unbranched alkanes of at least 4 members (excludes halogenated alkanes) is 6. The average molecular weight is 258 g/mol. The lowest BCUT2D eigenvalue weighted by Crippen LogP contribution is -2.39. The van der Waals surface area contributed by atoms with Crippen LogP contribution in [0.5, 0.6) is 0 Å². The van der Waals surface area contributed by atoms with Gasteiger partial charge < -0.3 is 16.2 Å². The smallest absolute Gasteiger partial charge is 0.248 e. The van der Waals surface area contributed by atoms with Crippen molar-refractivity contribution < 1.29 is 14.7 Å². The van der Waals surface area contributed by atoms with Gasteiger partial charge in [-0.2, -0.15) is 0 Å². The second-order valence-electron chi connectivity index (χ2n) is 4.59. The van der Waals surface area contributed by atoms with E-state index in [0.717, 1.165) is 19.3 Å². The first-order valence-corrected chi connectivity index (χ1v) is 6.82. The van der Waals surface area contributed by atoms with Gasteiger partial charge in [0.1, 0.15) is 6.10 Å². The molecule has 0 aromatic carbocycles. The van der Waals surface area contributed by atoms with Crippen molar-refractivity contribution in [3.8, 4) is 0 Å². The highest BCUT2D eigenvalue weighted by molar-refractivity contribution is 5.80. The van der Waals surface area contributed by atoms with Crippen molar-refractivity contribution in [3.05, 3.63) is 0 Å². The van der Waals surface area contributed by atoms with Gasteiger partial charge in [-0.3, -0.25) is 9.59 Å². The van der Waals surface area contributed by atoms with Crippen molar-refractivity contribution in [3.63, 3.8) is 0 Å². The van der Waals surface area contributed by atoms with E-state index in [1.807, 2.05) is 0 Å². The zero-order valence-electron chi connectivity index (χ0n) is 11.3. The van der Waals surface area contributed by atoms with Crippen molar-refractivity contribution in [2.75, 3.05) is 6.54 Å². The predicted molar refractivity (Wildman–Crippen MR) is 70.8 cm³/mol. The van der Waals surface area contributed by atoms with Crippen molar-refractivity contribution in [2.24, 2.45) is 5.73 Å². The van der Waals surface area contributed by atoms with Crippen molar-refractivity contribution in [2.45, 2.75) is 64.4 Å². The summed E-state index contributed by atoms with van der Waals surface area (Å²) in [5, 5.41) is 11.6. The maximum absolute atomic E-state index is 11.3. The second kappa shape index (κ2) is 11.0. The molecule has 1 unspecified atom stereocenters. The maximum atomic E-state index is 11.3. The molecule has 5 nitrogen and oxygen atoms in total. The van der Waals surface area contributed by atoms with E-state index in [4.69, 9.17) is 10.8 Å². The molecular weight excluding hydrogens is 232 g/mol. The second-order valence-corrected chi connectivity index (χ2v) is 4.59. The quantitative estimate of drug-likeness (QED) is 0.484. The summed E-state index contributed by atoms with van der Waals surface area (Å²) >= 11 is 0. The fraction of sp³-hybridized carbons (Fsp3) is 0.846. The molecule has 0 spiro atoms. The van der Waals surface area contributed by atoms with Gasteiger partial charge in [0.2, 0.25) is 11.8 Å². The molecule has 0 saturated carbocycles. The number of hydrogen-bond donors (Lipinski definition) is 3. The zero-order valence-corrected chi connectivity index (χ0v) is 11.3. The van der Waals surface area contributed by atoms with Gasteiger partial charge in [0.25, 0.3) is 0 Å². The van der Waals surface area contributed by atoms with E-state index in [1.54, 1.807) is 0 Å². The topological polar surface area (TPSA) is 92.4 Å². The van der Waals surface area contributed by atoms with E-state index in [1.165, 1.54) is 25.7 Å². The van der Waals surface area contributed by atoms with E-state index in [0.29, 0.717) is 6.42 Å². The van der Waals surface area contributed by atoms with E-state index in [9.17, 15) is 9.59 Å². The molecule has 0 heterocycles. The number of primary amides is 1. The molecule has 18 heavy (non-hydrogen) atoms. The molecule has 0 aliphatic rings. The molecule has 0 aliphatic carbocycles. The van der Waals surface area contributed by atoms with Crippen LogP contribution in [0.2, 0.25) is 0 Å². The van der Waals surface area contributed by atoms with Gasteiger partial charge in [-0.1, -0.05) is 45.4 Å². The Bertz CT molecular complexity index is 244. The summed E-state index contributed by atoms with van der Waals surface area (Å²) in [6, 6.07) is 0. The lowest BCUT2D eigenvalue weighted by Gasteiger charge is -2.08. The summed E-state index contributed by atoms with van der Waals surface area (Å²) < 4.78 is 0. The molecular formula is C13H26N2O3. The van der Waals surface area contributed by atoms with Gasteiger partial charge in [-0.25, -0.2) is 0 Å². The van der Waals surface area contributed by atoms with Crippen LogP contribution in [-0.4, -0.2) is 29.6 Å². The van der Waals surface area contributed by atoms with E-state index >= 15 is 0 Å². The summed E-state index contributed by atoms with van der Waals surface area (Å²) in [6.45, 7) is 2.09. The minimum atomic E-state index is -1.29. The predicted octanol–water partition coefficient (Wildman–Crippen LogP) is 1.09. The highest BCUT2D eigenvalue weighted by Crippen LogP contribution is 2.08. The van der Waals surface area contributed by atoms with Crippen LogP contribution < -0.4 is 11.1 Å². The first-order chi connectivity index (χ1) is 8.57. The van der Waals surface area contributed by atoms with Gasteiger partial charge in [0, 0.05) is 6.42 Å². The van der Waals surface area contributed by atoms with E-state index < -0.39 is 12.0 Å². The van der Waals surface area contributed by atoms with Gasteiger partial charge in [0.15, 0.2) is 0 Å². The number of rotatable bonds is 11. The number of hydrogen-bond acceptors (Lipinski definition) is 3. The molecule has 0 radical (unpaired) electrons. The third-order valence-corrected chi connectivity index (χ3v) is 2.83. The van der Waals surface area contributed by atoms with Crippen LogP contribution in [0.1, 0.15) is 58.3 Å². The van der Waals surface area contributed by atoms with Crippen LogP contribution in [0.3, 0.4) is 0 Å². The van der Waals surface area contributed by atoms with Gasteiger partial charge >= 0.3 is 0 Å². The van der Waals surface area contributed by atoms with Crippen LogP contribution >= 0.6 is 0 Å². The van der Waals surface area contributed by atoms with Gasteiger partial charge in [-0.15, -0.1) is 0 Å². The number of nitrogens with one attached hydrogen (secondary N) is 1. The van der Waals surface area contributed by atoms with Gasteiger partial charge in [-0.05, 0) is 6.42 Å². The fourth-order valence-corrected chi connectivity index (χ4v) is 1.64. The Labute approximate surface area is 109 Å². The van der Waals surface area contributed by atoms with Crippen LogP contribution in [-0.2, 0) is 9.59 Å². The molecule has 5 heteroatoms. The standard InChI is InChI=1S/C13H26N2O3/c1-2-3-4-5-6-7-8-9-12(17)15-10-11(16)13(14)18/h11,16H,2-10H2,1H3,(H2,14,18)(H,15,17). The molecule has 0 bridgehead atoms. The number of carbonyl (C=O) groups excluding carboxylic acids is 2. The largest absolute Gasteiger partial charge is 0.381 e. The number of nitrogens with two attached hydrogens (primary N) is 1. The van der Waals surface area contributed by atoms with Crippen molar-refractivity contribution in [1.82, 2.24) is 5.32 Å². The lowest BCUT2D eigenvalue weighted by molar-refractivity contribution is -0.127. The molecule has 0 aromatic heterocycles. The number of amides is 2. The van der Waals surface area contributed by atoms with Crippen LogP contribution in [0, 0.1) is 0 Å². The third kappa shape index (κ3) is 10.1. The summed E-state index contributed by atoms with van der Waals surface area (Å²) in [6.07, 6.45) is 7.25. The molecule has 0 aliphatic heterocycles. The Morgan fingerprint density at radius 1 is 1.11 bits per heavy atom. The molecule has 106 valence electrons. The summed E-state index contributed by atoms with van der Waals surface area (Å²) in [4.78, 5) is 21.8. The minimum Gasteiger partial charge on any atom is -0.381 e. The summed E-state index contributed by atoms with van der Waals surface area (Å²) in [5.41, 5.74) is 4.86. The first-order valence-electron chi connectivity index (χ1n) is 6.82. The fourth-order valence-electron chi connectivity index (χ4n) is 1.64. The lowest BCUT2D eigenvalue weighted by atomic mass is 10.1. The Kier molecular flexibility index (Phi) is 10.3. The highest BCUT2D eigenvalue weighted by Gasteiger charge is 2.11. The molecule has 4 N–H and O–H groups in total. The summed E-state index contributed by atoms with van der Waals surface area (Å²) in [7, 11) is 0. The number of carbonyl (C=O) groups is 2. The van der Waals surface area contributed by atoms with Gasteiger partial charge in [0.05, 0.1) is 6.54 Å². The highest BCUT2D eigenvalue weighted by atomic mass is 16.3. The van der Waals surface area contributed by atoms with Crippen LogP contribution in [0.15, 0.2) is 0 Å². The molecule has 2 amide bonds. The number of aliphatic hydroxyl groups excluding tert-OH is 1.